The highest BCUT2D eigenvalue weighted by Gasteiger charge is 2.19. The number of H-pyrrole nitrogens is 1. The van der Waals surface area contributed by atoms with E-state index in [1.165, 1.54) is 0 Å². The molecule has 0 saturated heterocycles. The first-order valence-electron chi connectivity index (χ1n) is 7.56. The fraction of sp³-hybridized carbons (Fsp3) is 0.471. The van der Waals surface area contributed by atoms with Crippen molar-refractivity contribution in [3.05, 3.63) is 47.8 Å². The summed E-state index contributed by atoms with van der Waals surface area (Å²) in [6.45, 7) is 7.85. The molecule has 0 unspecified atom stereocenters. The Morgan fingerprint density at radius 2 is 2.00 bits per heavy atom. The number of hydrogen-bond donors (Lipinski definition) is 3. The van der Waals surface area contributed by atoms with Crippen LogP contribution in [0.5, 0.6) is 5.75 Å². The van der Waals surface area contributed by atoms with E-state index in [0.717, 1.165) is 17.0 Å². The van der Waals surface area contributed by atoms with Crippen LogP contribution < -0.4 is 10.1 Å². The molecule has 0 saturated carbocycles. The van der Waals surface area contributed by atoms with Gasteiger partial charge >= 0.3 is 0 Å². The maximum Gasteiger partial charge on any atom is 0.119 e. The number of nitrogens with one attached hydrogen (secondary N) is 2. The molecule has 5 nitrogen and oxygen atoms in total. The molecule has 120 valence electrons. The average molecular weight is 303 g/mol. The number of aromatic nitrogens is 2. The normalized spacial score (nSPS) is 13.1. The molecule has 0 aliphatic carbocycles. The van der Waals surface area contributed by atoms with Gasteiger partial charge in [-0.2, -0.15) is 5.10 Å². The highest BCUT2D eigenvalue weighted by Crippen LogP contribution is 2.23. The van der Waals surface area contributed by atoms with Crippen molar-refractivity contribution >= 4 is 0 Å². The summed E-state index contributed by atoms with van der Waals surface area (Å²) in [5, 5.41) is 20.4. The molecule has 0 radical (unpaired) electrons. The summed E-state index contributed by atoms with van der Waals surface area (Å²) >= 11 is 0. The zero-order valence-electron chi connectivity index (χ0n) is 13.5. The maximum absolute atomic E-state index is 9.96. The van der Waals surface area contributed by atoms with E-state index in [1.54, 1.807) is 0 Å². The minimum atomic E-state index is -0.551. The van der Waals surface area contributed by atoms with Crippen molar-refractivity contribution in [2.45, 2.75) is 38.8 Å². The fourth-order valence-electron chi connectivity index (χ4n) is 2.24. The third kappa shape index (κ3) is 4.86. The molecule has 0 bridgehead atoms. The van der Waals surface area contributed by atoms with Crippen LogP contribution in [-0.2, 0) is 12.0 Å². The number of aromatic amines is 1. The summed E-state index contributed by atoms with van der Waals surface area (Å²) in [7, 11) is 0. The van der Waals surface area contributed by atoms with Gasteiger partial charge < -0.3 is 15.2 Å². The van der Waals surface area contributed by atoms with Crippen molar-refractivity contribution < 1.29 is 9.84 Å². The second-order valence-electron chi connectivity index (χ2n) is 6.43. The van der Waals surface area contributed by atoms with Crippen LogP contribution in [0.15, 0.2) is 36.5 Å². The van der Waals surface area contributed by atoms with Crippen LogP contribution in [-0.4, -0.2) is 34.6 Å². The summed E-state index contributed by atoms with van der Waals surface area (Å²) in [6.07, 6.45) is 1.28. The predicted octanol–water partition coefficient (Wildman–Crippen LogP) is 2.24. The Kier molecular flexibility index (Phi) is 5.57. The van der Waals surface area contributed by atoms with Gasteiger partial charge in [-0.05, 0) is 12.1 Å². The van der Waals surface area contributed by atoms with Gasteiger partial charge in [-0.1, -0.05) is 39.0 Å². The minimum Gasteiger partial charge on any atom is -0.491 e. The number of aliphatic hydroxyl groups is 1. The lowest BCUT2D eigenvalue weighted by atomic mass is 9.89. The lowest BCUT2D eigenvalue weighted by Crippen LogP contribution is -2.31. The molecule has 0 fully saturated rings. The number of para-hydroxylation sites is 1. The second kappa shape index (κ2) is 7.42. The zero-order chi connectivity index (χ0) is 16.0. The highest BCUT2D eigenvalue weighted by molar-refractivity contribution is 5.23. The van der Waals surface area contributed by atoms with Gasteiger partial charge in [0, 0.05) is 29.8 Å². The van der Waals surface area contributed by atoms with Gasteiger partial charge in [0.2, 0.25) is 0 Å². The van der Waals surface area contributed by atoms with Crippen LogP contribution in [0.2, 0.25) is 0 Å². The third-order valence-corrected chi connectivity index (χ3v) is 3.35. The van der Waals surface area contributed by atoms with Crippen molar-refractivity contribution in [3.8, 4) is 5.75 Å². The van der Waals surface area contributed by atoms with Gasteiger partial charge in [0.1, 0.15) is 18.5 Å². The summed E-state index contributed by atoms with van der Waals surface area (Å²) in [6, 6.07) is 9.50. The van der Waals surface area contributed by atoms with Crippen LogP contribution in [0.3, 0.4) is 0 Å². The summed E-state index contributed by atoms with van der Waals surface area (Å²) < 4.78 is 5.53. The van der Waals surface area contributed by atoms with E-state index in [9.17, 15) is 5.11 Å². The van der Waals surface area contributed by atoms with E-state index in [4.69, 9.17) is 4.74 Å². The Morgan fingerprint density at radius 1 is 1.27 bits per heavy atom. The fourth-order valence-corrected chi connectivity index (χ4v) is 2.24. The SMILES string of the molecule is CC(C)(C)c1[nH]ncc1CNC[C@@H](O)COc1ccccc1. The van der Waals surface area contributed by atoms with E-state index in [0.29, 0.717) is 13.1 Å². The summed E-state index contributed by atoms with van der Waals surface area (Å²) in [4.78, 5) is 0. The highest BCUT2D eigenvalue weighted by atomic mass is 16.5. The molecule has 2 rings (SSSR count). The molecule has 0 amide bonds. The standard InChI is InChI=1S/C17H25N3O2/c1-17(2,3)16-13(10-19-20-16)9-18-11-14(21)12-22-15-7-5-4-6-8-15/h4-8,10,14,18,21H,9,11-12H2,1-3H3,(H,19,20)/t14-/m1/s1. The third-order valence-electron chi connectivity index (χ3n) is 3.35. The molecule has 1 heterocycles. The van der Waals surface area contributed by atoms with Gasteiger partial charge in [0.15, 0.2) is 0 Å². The molecule has 5 heteroatoms. The van der Waals surface area contributed by atoms with Gasteiger partial charge in [-0.25, -0.2) is 0 Å². The molecule has 0 spiro atoms. The molecule has 3 N–H and O–H groups in total. The number of nitrogens with zero attached hydrogens (tertiary/aromatic N) is 1. The molecular weight excluding hydrogens is 278 g/mol. The Hall–Kier alpha value is -1.85. The quantitative estimate of drug-likeness (QED) is 0.733. The number of ether oxygens (including phenoxy) is 1. The molecular formula is C17H25N3O2. The van der Waals surface area contributed by atoms with Crippen molar-refractivity contribution in [1.82, 2.24) is 15.5 Å². The van der Waals surface area contributed by atoms with Crippen LogP contribution in [0.25, 0.3) is 0 Å². The van der Waals surface area contributed by atoms with Crippen LogP contribution in [0.1, 0.15) is 32.0 Å². The molecule has 22 heavy (non-hydrogen) atoms. The molecule has 0 aliphatic heterocycles. The zero-order valence-corrected chi connectivity index (χ0v) is 13.5. The van der Waals surface area contributed by atoms with Crippen molar-refractivity contribution in [1.29, 1.82) is 0 Å². The second-order valence-corrected chi connectivity index (χ2v) is 6.43. The number of benzene rings is 1. The van der Waals surface area contributed by atoms with Crippen molar-refractivity contribution in [3.63, 3.8) is 0 Å². The molecule has 2 aromatic rings. The van der Waals surface area contributed by atoms with Gasteiger partial charge in [-0.15, -0.1) is 0 Å². The summed E-state index contributed by atoms with van der Waals surface area (Å²) in [5.74, 6) is 0.770. The van der Waals surface area contributed by atoms with Crippen molar-refractivity contribution in [2.75, 3.05) is 13.2 Å². The number of aliphatic hydroxyl groups excluding tert-OH is 1. The molecule has 0 aliphatic rings. The van der Waals surface area contributed by atoms with E-state index >= 15 is 0 Å². The van der Waals surface area contributed by atoms with E-state index in [1.807, 2.05) is 36.5 Å². The van der Waals surface area contributed by atoms with Gasteiger partial charge in [-0.3, -0.25) is 5.10 Å². The summed E-state index contributed by atoms with van der Waals surface area (Å²) in [5.41, 5.74) is 2.28. The first-order chi connectivity index (χ1) is 10.5. The van der Waals surface area contributed by atoms with Crippen LogP contribution >= 0.6 is 0 Å². The molecule has 1 aromatic heterocycles. The largest absolute Gasteiger partial charge is 0.491 e. The first kappa shape index (κ1) is 16.5. The van der Waals surface area contributed by atoms with Gasteiger partial charge in [0.25, 0.3) is 0 Å². The van der Waals surface area contributed by atoms with Crippen LogP contribution in [0.4, 0.5) is 0 Å². The van der Waals surface area contributed by atoms with E-state index in [2.05, 4.69) is 36.3 Å². The van der Waals surface area contributed by atoms with Crippen LogP contribution in [0, 0.1) is 0 Å². The predicted molar refractivity (Wildman–Crippen MR) is 86.9 cm³/mol. The maximum atomic E-state index is 9.96. The Labute approximate surface area is 131 Å². The monoisotopic (exact) mass is 303 g/mol. The first-order valence-corrected chi connectivity index (χ1v) is 7.56. The lowest BCUT2D eigenvalue weighted by molar-refractivity contribution is 0.106. The number of rotatable bonds is 7. The minimum absolute atomic E-state index is 0.0303. The number of hydrogen-bond acceptors (Lipinski definition) is 4. The van der Waals surface area contributed by atoms with E-state index < -0.39 is 6.10 Å². The molecule has 1 atom stereocenters. The van der Waals surface area contributed by atoms with Gasteiger partial charge in [0.05, 0.1) is 6.20 Å². The Morgan fingerprint density at radius 3 is 2.68 bits per heavy atom. The lowest BCUT2D eigenvalue weighted by Gasteiger charge is -2.19. The smallest absolute Gasteiger partial charge is 0.119 e. The van der Waals surface area contributed by atoms with E-state index in [-0.39, 0.29) is 12.0 Å². The Bertz CT molecular complexity index is 561. The topological polar surface area (TPSA) is 70.2 Å². The van der Waals surface area contributed by atoms with Crippen molar-refractivity contribution in [2.24, 2.45) is 0 Å². The average Bonchev–Trinajstić information content (AvgIpc) is 2.95. The molecule has 1 aromatic carbocycles. The Balaban J connectivity index is 1.73.